The van der Waals surface area contributed by atoms with Crippen molar-refractivity contribution in [1.29, 1.82) is 0 Å². The van der Waals surface area contributed by atoms with Crippen LogP contribution in [0.5, 0.6) is 0 Å². The van der Waals surface area contributed by atoms with Gasteiger partial charge in [-0.3, -0.25) is 9.59 Å². The number of amides is 2. The summed E-state index contributed by atoms with van der Waals surface area (Å²) in [4.78, 5) is 25.9. The van der Waals surface area contributed by atoms with E-state index in [9.17, 15) is 9.59 Å². The minimum atomic E-state index is -0.519. The number of nitrogens with two attached hydrogens (primary N) is 1. The fourth-order valence-electron chi connectivity index (χ4n) is 3.52. The molecule has 1 aromatic carbocycles. The standard InChI is InChI=1S/C20H22Cl2N2O2S/c1-20(2,3)10-4-6-12-15(8-10)27-19(16(12)17(23)25)24-18(26)13-9-11(21)5-7-14(13)22/h5,7,9-10H,4,6,8H2,1-3H3,(H2,23,25)(H,24,26)/t10-/m0/s1. The van der Waals surface area contributed by atoms with Crippen molar-refractivity contribution in [2.45, 2.75) is 40.0 Å². The van der Waals surface area contributed by atoms with E-state index in [0.29, 0.717) is 26.5 Å². The van der Waals surface area contributed by atoms with Crippen molar-refractivity contribution in [3.63, 3.8) is 0 Å². The lowest BCUT2D eigenvalue weighted by atomic mass is 9.72. The highest BCUT2D eigenvalue weighted by molar-refractivity contribution is 7.17. The minimum absolute atomic E-state index is 0.187. The van der Waals surface area contributed by atoms with Gasteiger partial charge >= 0.3 is 0 Å². The van der Waals surface area contributed by atoms with E-state index in [-0.39, 0.29) is 11.0 Å². The van der Waals surface area contributed by atoms with Crippen molar-refractivity contribution in [3.05, 3.63) is 49.8 Å². The molecular formula is C20H22Cl2N2O2S. The van der Waals surface area contributed by atoms with Gasteiger partial charge in [0.25, 0.3) is 11.8 Å². The number of anilines is 1. The van der Waals surface area contributed by atoms with Crippen LogP contribution in [0, 0.1) is 11.3 Å². The Morgan fingerprint density at radius 3 is 2.59 bits per heavy atom. The number of primary amides is 1. The number of carbonyl (C=O) groups is 2. The molecule has 1 aromatic heterocycles. The third kappa shape index (κ3) is 4.15. The Morgan fingerprint density at radius 2 is 1.96 bits per heavy atom. The minimum Gasteiger partial charge on any atom is -0.365 e. The van der Waals surface area contributed by atoms with Crippen molar-refractivity contribution < 1.29 is 9.59 Å². The number of halogens is 2. The number of benzene rings is 1. The van der Waals surface area contributed by atoms with E-state index in [0.717, 1.165) is 29.7 Å². The average Bonchev–Trinajstić information content (AvgIpc) is 2.93. The van der Waals surface area contributed by atoms with Gasteiger partial charge in [0.05, 0.1) is 16.1 Å². The van der Waals surface area contributed by atoms with E-state index >= 15 is 0 Å². The summed E-state index contributed by atoms with van der Waals surface area (Å²) in [5, 5.41) is 4.02. The van der Waals surface area contributed by atoms with E-state index in [1.54, 1.807) is 12.1 Å². The molecule has 0 radical (unpaired) electrons. The second-order valence-corrected chi connectivity index (χ2v) is 9.91. The van der Waals surface area contributed by atoms with Gasteiger partial charge in [-0.2, -0.15) is 0 Å². The monoisotopic (exact) mass is 424 g/mol. The summed E-state index contributed by atoms with van der Waals surface area (Å²) < 4.78 is 0. The second kappa shape index (κ2) is 7.46. The lowest BCUT2D eigenvalue weighted by Gasteiger charge is -2.33. The molecule has 1 heterocycles. The fourth-order valence-corrected chi connectivity index (χ4v) is 5.22. The van der Waals surface area contributed by atoms with Crippen molar-refractivity contribution in [2.24, 2.45) is 17.1 Å². The number of hydrogen-bond donors (Lipinski definition) is 2. The van der Waals surface area contributed by atoms with Gasteiger partial charge in [-0.15, -0.1) is 11.3 Å². The van der Waals surface area contributed by atoms with E-state index in [1.807, 2.05) is 0 Å². The van der Waals surface area contributed by atoms with Crippen LogP contribution in [0.2, 0.25) is 10.0 Å². The van der Waals surface area contributed by atoms with E-state index in [4.69, 9.17) is 28.9 Å². The van der Waals surface area contributed by atoms with Crippen molar-refractivity contribution in [1.82, 2.24) is 0 Å². The first-order chi connectivity index (χ1) is 12.6. The largest absolute Gasteiger partial charge is 0.365 e. The molecule has 2 aromatic rings. The first kappa shape index (κ1) is 20.2. The predicted molar refractivity (Wildman–Crippen MR) is 112 cm³/mol. The van der Waals surface area contributed by atoms with Crippen LogP contribution in [0.3, 0.4) is 0 Å². The molecule has 4 nitrogen and oxygen atoms in total. The molecule has 7 heteroatoms. The van der Waals surface area contributed by atoms with Gasteiger partial charge in [0.1, 0.15) is 5.00 Å². The summed E-state index contributed by atoms with van der Waals surface area (Å²) in [6.07, 6.45) is 2.68. The molecule has 27 heavy (non-hydrogen) atoms. The molecular weight excluding hydrogens is 403 g/mol. The number of thiophene rings is 1. The molecule has 0 saturated heterocycles. The van der Waals surface area contributed by atoms with E-state index in [1.165, 1.54) is 17.4 Å². The van der Waals surface area contributed by atoms with Crippen LogP contribution in [-0.4, -0.2) is 11.8 Å². The number of hydrogen-bond acceptors (Lipinski definition) is 3. The smallest absolute Gasteiger partial charge is 0.257 e. The Kier molecular flexibility index (Phi) is 5.57. The van der Waals surface area contributed by atoms with Gasteiger partial charge < -0.3 is 11.1 Å². The molecule has 144 valence electrons. The van der Waals surface area contributed by atoms with Crippen molar-refractivity contribution in [2.75, 3.05) is 5.32 Å². The summed E-state index contributed by atoms with van der Waals surface area (Å²) in [6.45, 7) is 6.69. The Balaban J connectivity index is 1.95. The Labute approximate surface area is 173 Å². The van der Waals surface area contributed by atoms with Crippen LogP contribution < -0.4 is 11.1 Å². The quantitative estimate of drug-likeness (QED) is 0.676. The van der Waals surface area contributed by atoms with Gasteiger partial charge in [0.2, 0.25) is 0 Å². The number of rotatable bonds is 3. The van der Waals surface area contributed by atoms with Gasteiger partial charge in [-0.25, -0.2) is 0 Å². The lowest BCUT2D eigenvalue weighted by molar-refractivity contribution is 0.1000. The first-order valence-electron chi connectivity index (χ1n) is 8.78. The normalized spacial score (nSPS) is 16.7. The number of fused-ring (bicyclic) bond motifs is 1. The maximum Gasteiger partial charge on any atom is 0.257 e. The molecule has 0 unspecified atom stereocenters. The third-order valence-corrected chi connectivity index (χ3v) is 6.87. The first-order valence-corrected chi connectivity index (χ1v) is 10.4. The van der Waals surface area contributed by atoms with E-state index < -0.39 is 11.8 Å². The maximum absolute atomic E-state index is 12.7. The van der Waals surface area contributed by atoms with Crippen LogP contribution in [-0.2, 0) is 12.8 Å². The third-order valence-electron chi connectivity index (χ3n) is 5.14. The Hall–Kier alpha value is -1.56. The molecule has 0 bridgehead atoms. The maximum atomic E-state index is 12.7. The summed E-state index contributed by atoms with van der Waals surface area (Å²) >= 11 is 13.5. The van der Waals surface area contributed by atoms with Crippen LogP contribution in [0.1, 0.15) is 58.3 Å². The molecule has 1 aliphatic carbocycles. The molecule has 3 rings (SSSR count). The Bertz CT molecular complexity index is 915. The lowest BCUT2D eigenvalue weighted by Crippen LogP contribution is -2.27. The molecule has 0 fully saturated rings. The SMILES string of the molecule is CC(C)(C)[C@H]1CCc2c(sc(NC(=O)c3cc(Cl)ccc3Cl)c2C(N)=O)C1. The number of carbonyl (C=O) groups excluding carboxylic acids is 2. The van der Waals surface area contributed by atoms with Gasteiger partial charge in [0, 0.05) is 9.90 Å². The molecule has 3 N–H and O–H groups in total. The molecule has 1 aliphatic rings. The predicted octanol–water partition coefficient (Wildman–Crippen LogP) is 5.56. The topological polar surface area (TPSA) is 72.2 Å². The highest BCUT2D eigenvalue weighted by Crippen LogP contribution is 2.44. The van der Waals surface area contributed by atoms with Crippen LogP contribution in [0.25, 0.3) is 0 Å². The van der Waals surface area contributed by atoms with Crippen molar-refractivity contribution >= 4 is 51.4 Å². The fraction of sp³-hybridized carbons (Fsp3) is 0.400. The zero-order valence-corrected chi connectivity index (χ0v) is 17.8. The van der Waals surface area contributed by atoms with Gasteiger partial charge in [-0.1, -0.05) is 44.0 Å². The molecule has 1 atom stereocenters. The van der Waals surface area contributed by atoms with Gasteiger partial charge in [0.15, 0.2) is 0 Å². The number of nitrogens with one attached hydrogen (secondary N) is 1. The highest BCUT2D eigenvalue weighted by Gasteiger charge is 2.33. The van der Waals surface area contributed by atoms with Crippen LogP contribution in [0.4, 0.5) is 5.00 Å². The average molecular weight is 425 g/mol. The highest BCUT2D eigenvalue weighted by atomic mass is 35.5. The summed E-state index contributed by atoms with van der Waals surface area (Å²) in [5.74, 6) is -0.402. The summed E-state index contributed by atoms with van der Waals surface area (Å²) in [7, 11) is 0. The van der Waals surface area contributed by atoms with Gasteiger partial charge in [-0.05, 0) is 54.4 Å². The van der Waals surface area contributed by atoms with E-state index in [2.05, 4.69) is 26.1 Å². The summed E-state index contributed by atoms with van der Waals surface area (Å²) in [5.41, 5.74) is 7.49. The summed E-state index contributed by atoms with van der Waals surface area (Å²) in [6, 6.07) is 4.69. The van der Waals surface area contributed by atoms with Crippen LogP contribution in [0.15, 0.2) is 18.2 Å². The zero-order chi connectivity index (χ0) is 19.9. The molecule has 2 amide bonds. The van der Waals surface area contributed by atoms with Crippen LogP contribution >= 0.6 is 34.5 Å². The Morgan fingerprint density at radius 1 is 1.26 bits per heavy atom. The molecule has 0 spiro atoms. The molecule has 0 aliphatic heterocycles. The molecule has 0 saturated carbocycles. The van der Waals surface area contributed by atoms with Crippen molar-refractivity contribution in [3.8, 4) is 0 Å². The zero-order valence-electron chi connectivity index (χ0n) is 15.5. The second-order valence-electron chi connectivity index (χ2n) is 7.96.